The van der Waals surface area contributed by atoms with Gasteiger partial charge < -0.3 is 15.3 Å². The lowest BCUT2D eigenvalue weighted by Gasteiger charge is -2.32. The smallest absolute Gasteiger partial charge is 0.317 e. The van der Waals surface area contributed by atoms with Crippen LogP contribution >= 0.6 is 0 Å². The molecule has 2 rings (SSSR count). The topological polar surface area (TPSA) is 179 Å². The predicted octanol–water partition coefficient (Wildman–Crippen LogP) is -0.378. The van der Waals surface area contributed by atoms with Crippen molar-refractivity contribution in [2.45, 2.75) is 46.0 Å². The third kappa shape index (κ3) is 12.5. The molecule has 2 fully saturated rings. The summed E-state index contributed by atoms with van der Waals surface area (Å²) in [5.41, 5.74) is 0. The van der Waals surface area contributed by atoms with Gasteiger partial charge in [0, 0.05) is 77.7 Å². The van der Waals surface area contributed by atoms with Crippen LogP contribution in [-0.2, 0) is 28.8 Å². The highest BCUT2D eigenvalue weighted by Gasteiger charge is 2.40. The van der Waals surface area contributed by atoms with Gasteiger partial charge in [-0.1, -0.05) is 26.7 Å². The van der Waals surface area contributed by atoms with Crippen molar-refractivity contribution in [1.82, 2.24) is 24.5 Å². The Balaban J connectivity index is 2.00. The number of carboxylic acid groups (broad SMARTS) is 3. The summed E-state index contributed by atoms with van der Waals surface area (Å²) in [6.07, 6.45) is 2.56. The highest BCUT2D eigenvalue weighted by Crippen LogP contribution is 2.29. The summed E-state index contributed by atoms with van der Waals surface area (Å²) in [7, 11) is 0. The first-order valence-electron chi connectivity index (χ1n) is 14.8. The summed E-state index contributed by atoms with van der Waals surface area (Å²) in [6, 6.07) is 0. The summed E-state index contributed by atoms with van der Waals surface area (Å²) in [5, 5.41) is 28.0. The Morgan fingerprint density at radius 2 is 1.14 bits per heavy atom. The van der Waals surface area contributed by atoms with Gasteiger partial charge in [0.15, 0.2) is 0 Å². The van der Waals surface area contributed by atoms with E-state index in [2.05, 4.69) is 0 Å². The summed E-state index contributed by atoms with van der Waals surface area (Å²) < 4.78 is 0. The fourth-order valence-corrected chi connectivity index (χ4v) is 5.59. The number of imide groups is 1. The normalized spacial score (nSPS) is 21.6. The summed E-state index contributed by atoms with van der Waals surface area (Å²) in [4.78, 5) is 80.6. The van der Waals surface area contributed by atoms with Crippen LogP contribution in [0.3, 0.4) is 0 Å². The Labute approximate surface area is 247 Å². The second-order valence-electron chi connectivity index (χ2n) is 11.4. The first kappa shape index (κ1) is 35.3. The average molecular weight is 598 g/mol. The molecule has 0 saturated carbocycles. The third-order valence-corrected chi connectivity index (χ3v) is 7.95. The van der Waals surface area contributed by atoms with E-state index in [0.717, 1.165) is 12.8 Å². The fraction of sp³-hybridized carbons (Fsp3) is 0.786. The molecule has 3 N–H and O–H groups in total. The number of carbonyl (C=O) groups is 6. The van der Waals surface area contributed by atoms with Crippen molar-refractivity contribution in [3.8, 4) is 0 Å². The van der Waals surface area contributed by atoms with Crippen molar-refractivity contribution in [1.29, 1.82) is 0 Å². The van der Waals surface area contributed by atoms with Crippen LogP contribution in [0.5, 0.6) is 0 Å². The van der Waals surface area contributed by atoms with E-state index in [1.165, 1.54) is 4.90 Å². The van der Waals surface area contributed by atoms with Crippen LogP contribution in [0.4, 0.5) is 0 Å². The minimum absolute atomic E-state index is 0.0744. The quantitative estimate of drug-likeness (QED) is 0.208. The number of aliphatic carboxylic acids is 3. The molecule has 0 bridgehead atoms. The van der Waals surface area contributed by atoms with Gasteiger partial charge in [0.25, 0.3) is 0 Å². The monoisotopic (exact) mass is 597 g/mol. The molecule has 0 aliphatic carbocycles. The molecule has 2 heterocycles. The van der Waals surface area contributed by atoms with Crippen LogP contribution in [-0.4, -0.2) is 160 Å². The Bertz CT molecular complexity index is 930. The Kier molecular flexibility index (Phi) is 15.0. The molecule has 0 aromatic carbocycles. The van der Waals surface area contributed by atoms with Crippen molar-refractivity contribution in [3.05, 3.63) is 0 Å². The van der Waals surface area contributed by atoms with Crippen LogP contribution < -0.4 is 0 Å². The zero-order chi connectivity index (χ0) is 31.2. The largest absolute Gasteiger partial charge is 0.480 e. The second kappa shape index (κ2) is 17.9. The molecule has 238 valence electrons. The molecule has 2 aliphatic rings. The fourth-order valence-electron chi connectivity index (χ4n) is 5.59. The van der Waals surface area contributed by atoms with E-state index in [1.54, 1.807) is 14.7 Å². The number of amides is 2. The lowest BCUT2D eigenvalue weighted by molar-refractivity contribution is -0.141. The molecule has 0 aromatic heterocycles. The number of carboxylic acids is 3. The van der Waals surface area contributed by atoms with E-state index >= 15 is 0 Å². The van der Waals surface area contributed by atoms with E-state index in [9.17, 15) is 44.1 Å². The van der Waals surface area contributed by atoms with E-state index in [0.29, 0.717) is 58.8 Å². The standard InChI is InChI=1S/C28H47N5O9/c1-3-5-21(2)23-16-24(35)33(28(23)42)7-4-6-22(34)17-29-8-10-30(18-25(36)37)12-14-32(20-27(40)41)15-13-31(11-9-29)19-26(38)39/h21,23H,3-20H2,1-2H3,(H,36,37)(H,38,39)(H,40,41). The van der Waals surface area contributed by atoms with Crippen molar-refractivity contribution in [3.63, 3.8) is 0 Å². The second-order valence-corrected chi connectivity index (χ2v) is 11.4. The predicted molar refractivity (Wildman–Crippen MR) is 152 cm³/mol. The number of nitrogens with zero attached hydrogens (tertiary/aromatic N) is 5. The summed E-state index contributed by atoms with van der Waals surface area (Å²) in [6.45, 7) is 6.17. The van der Waals surface area contributed by atoms with Gasteiger partial charge in [-0.3, -0.25) is 53.3 Å². The van der Waals surface area contributed by atoms with Crippen LogP contribution in [0.15, 0.2) is 0 Å². The Morgan fingerprint density at radius 1 is 0.738 bits per heavy atom. The summed E-state index contributed by atoms with van der Waals surface area (Å²) >= 11 is 0. The lowest BCUT2D eigenvalue weighted by atomic mass is 9.89. The molecule has 0 radical (unpaired) electrons. The van der Waals surface area contributed by atoms with Crippen molar-refractivity contribution in [2.75, 3.05) is 85.1 Å². The van der Waals surface area contributed by atoms with E-state index in [4.69, 9.17) is 0 Å². The van der Waals surface area contributed by atoms with E-state index in [-0.39, 0.29) is 75.0 Å². The van der Waals surface area contributed by atoms with E-state index in [1.807, 2.05) is 18.7 Å². The molecule has 0 spiro atoms. The molecule has 0 aromatic rings. The maximum atomic E-state index is 12.9. The molecular weight excluding hydrogens is 550 g/mol. The molecule has 2 atom stereocenters. The molecule has 2 amide bonds. The molecule has 2 aliphatic heterocycles. The lowest BCUT2D eigenvalue weighted by Crippen LogP contribution is -2.49. The van der Waals surface area contributed by atoms with Gasteiger partial charge in [0.05, 0.1) is 26.2 Å². The molecule has 2 saturated heterocycles. The molecule has 42 heavy (non-hydrogen) atoms. The SMILES string of the molecule is CCCC(C)C1CC(=O)N(CCCC(=O)CN2CCN(CC(=O)O)CCN(CC(=O)O)CCN(CC(=O)O)CC2)C1=O. The summed E-state index contributed by atoms with van der Waals surface area (Å²) in [5.74, 6) is -3.65. The van der Waals surface area contributed by atoms with Crippen LogP contribution in [0.1, 0.15) is 46.0 Å². The van der Waals surface area contributed by atoms with Gasteiger partial charge in [-0.25, -0.2) is 0 Å². The maximum Gasteiger partial charge on any atom is 0.317 e. The van der Waals surface area contributed by atoms with Crippen LogP contribution in [0.25, 0.3) is 0 Å². The molecule has 2 unspecified atom stereocenters. The first-order valence-corrected chi connectivity index (χ1v) is 14.8. The van der Waals surface area contributed by atoms with Gasteiger partial charge >= 0.3 is 17.9 Å². The van der Waals surface area contributed by atoms with E-state index < -0.39 is 17.9 Å². The van der Waals surface area contributed by atoms with Crippen molar-refractivity contribution in [2.24, 2.45) is 11.8 Å². The minimum Gasteiger partial charge on any atom is -0.480 e. The number of rotatable bonds is 15. The van der Waals surface area contributed by atoms with Gasteiger partial charge in [0.2, 0.25) is 11.8 Å². The first-order chi connectivity index (χ1) is 19.9. The number of ketones is 1. The van der Waals surface area contributed by atoms with Gasteiger partial charge in [-0.15, -0.1) is 0 Å². The molecular formula is C28H47N5O9. The van der Waals surface area contributed by atoms with Crippen molar-refractivity contribution < 1.29 is 44.1 Å². The van der Waals surface area contributed by atoms with Crippen LogP contribution in [0, 0.1) is 11.8 Å². The minimum atomic E-state index is -1.02. The van der Waals surface area contributed by atoms with Gasteiger partial charge in [-0.2, -0.15) is 0 Å². The number of carbonyl (C=O) groups excluding carboxylic acids is 3. The Morgan fingerprint density at radius 3 is 1.52 bits per heavy atom. The highest BCUT2D eigenvalue weighted by atomic mass is 16.4. The number of likely N-dealkylation sites (tertiary alicyclic amines) is 1. The van der Waals surface area contributed by atoms with Gasteiger partial charge in [0.1, 0.15) is 5.78 Å². The van der Waals surface area contributed by atoms with Gasteiger partial charge in [-0.05, 0) is 12.3 Å². The van der Waals surface area contributed by atoms with Crippen molar-refractivity contribution >= 4 is 35.5 Å². The van der Waals surface area contributed by atoms with Crippen LogP contribution in [0.2, 0.25) is 0 Å². The number of hydrogen-bond acceptors (Lipinski definition) is 10. The number of Topliss-reactive ketones (excluding diaryl/α,β-unsaturated/α-hetero) is 1. The maximum absolute atomic E-state index is 12.9. The molecule has 14 nitrogen and oxygen atoms in total. The zero-order valence-electron chi connectivity index (χ0n) is 24.9. The number of hydrogen-bond donors (Lipinski definition) is 3. The highest BCUT2D eigenvalue weighted by molar-refractivity contribution is 6.03. The average Bonchev–Trinajstić information content (AvgIpc) is 3.18. The molecule has 14 heteroatoms. The third-order valence-electron chi connectivity index (χ3n) is 7.95. The zero-order valence-corrected chi connectivity index (χ0v) is 24.9. The Hall–Kier alpha value is -2.94.